The quantitative estimate of drug-likeness (QED) is 0.619. The highest BCUT2D eigenvalue weighted by molar-refractivity contribution is 6.17. The molecule has 0 aromatic heterocycles. The highest BCUT2D eigenvalue weighted by Gasteiger charge is 2.40. The van der Waals surface area contributed by atoms with Crippen LogP contribution >= 0.6 is 11.6 Å². The fourth-order valence-electron chi connectivity index (χ4n) is 2.29. The largest absolute Gasteiger partial charge is 0.476 e. The Balaban J connectivity index is 2.35. The van der Waals surface area contributed by atoms with Crippen LogP contribution in [0.2, 0.25) is 0 Å². The molecule has 0 radical (unpaired) electrons. The second-order valence-corrected chi connectivity index (χ2v) is 5.62. The van der Waals surface area contributed by atoms with Crippen LogP contribution in [0, 0.1) is 0 Å². The van der Waals surface area contributed by atoms with E-state index in [0.717, 1.165) is 23.4 Å². The summed E-state index contributed by atoms with van der Waals surface area (Å²) >= 11 is 5.87. The van der Waals surface area contributed by atoms with Crippen molar-refractivity contribution in [1.29, 1.82) is 0 Å². The molecule has 5 heteroatoms. The number of hydrogen-bond donors (Lipinski definition) is 0. The van der Waals surface area contributed by atoms with Gasteiger partial charge in [0, 0.05) is 26.1 Å². The molecule has 1 amide bonds. The zero-order chi connectivity index (χ0) is 14.8. The Labute approximate surface area is 124 Å². The molecule has 1 aliphatic heterocycles. The number of hydrogen-bond acceptors (Lipinski definition) is 3. The fraction of sp³-hybridized carbons (Fsp3) is 0.533. The number of ether oxygens (including phenoxy) is 2. The molecule has 1 aromatic carbocycles. The van der Waals surface area contributed by atoms with E-state index in [4.69, 9.17) is 21.1 Å². The molecule has 0 atom stereocenters. The van der Waals surface area contributed by atoms with Crippen LogP contribution in [0.25, 0.3) is 0 Å². The van der Waals surface area contributed by atoms with Gasteiger partial charge in [-0.15, -0.1) is 11.6 Å². The van der Waals surface area contributed by atoms with Crippen molar-refractivity contribution in [2.75, 3.05) is 25.2 Å². The topological polar surface area (TPSA) is 38.8 Å². The van der Waals surface area contributed by atoms with E-state index in [0.29, 0.717) is 19.0 Å². The van der Waals surface area contributed by atoms with Crippen LogP contribution in [0.3, 0.4) is 0 Å². The fourth-order valence-corrected chi connectivity index (χ4v) is 2.45. The van der Waals surface area contributed by atoms with Crippen molar-refractivity contribution in [3.8, 4) is 5.75 Å². The molecule has 4 nitrogen and oxygen atoms in total. The molecular weight excluding hydrogens is 278 g/mol. The first-order valence-corrected chi connectivity index (χ1v) is 7.22. The van der Waals surface area contributed by atoms with Crippen LogP contribution in [-0.4, -0.2) is 31.8 Å². The Morgan fingerprint density at radius 3 is 2.80 bits per heavy atom. The summed E-state index contributed by atoms with van der Waals surface area (Å²) in [5, 5.41) is 0. The molecule has 110 valence electrons. The summed E-state index contributed by atoms with van der Waals surface area (Å²) in [7, 11) is 1.66. The lowest BCUT2D eigenvalue weighted by molar-refractivity contribution is -0.132. The van der Waals surface area contributed by atoms with Gasteiger partial charge in [0.15, 0.2) is 5.60 Å². The predicted molar refractivity (Wildman–Crippen MR) is 79.6 cm³/mol. The number of amides is 1. The van der Waals surface area contributed by atoms with Crippen LogP contribution in [-0.2, 0) is 15.4 Å². The van der Waals surface area contributed by atoms with Crippen molar-refractivity contribution < 1.29 is 14.3 Å². The minimum Gasteiger partial charge on any atom is -0.476 e. The number of halogens is 1. The van der Waals surface area contributed by atoms with E-state index < -0.39 is 5.60 Å². The van der Waals surface area contributed by atoms with E-state index in [1.807, 2.05) is 18.2 Å². The van der Waals surface area contributed by atoms with Crippen molar-refractivity contribution in [3.63, 3.8) is 0 Å². The lowest BCUT2D eigenvalue weighted by atomic mass is 10.0. The van der Waals surface area contributed by atoms with Crippen molar-refractivity contribution in [1.82, 2.24) is 0 Å². The normalized spacial score (nSPS) is 16.8. The summed E-state index contributed by atoms with van der Waals surface area (Å²) in [5.41, 5.74) is 0.921. The molecule has 0 fully saturated rings. The van der Waals surface area contributed by atoms with E-state index in [1.54, 1.807) is 25.9 Å². The molecule has 0 aliphatic carbocycles. The SMILES string of the molecule is COCCCN1C(=O)C(C)(C)Oc2ccc(CCl)cc21. The van der Waals surface area contributed by atoms with Crippen molar-refractivity contribution in [2.24, 2.45) is 0 Å². The standard InChI is InChI=1S/C15H20ClNO3/c1-15(2)14(18)17(7-4-8-19-3)12-9-11(10-16)5-6-13(12)20-15/h5-6,9H,4,7-8,10H2,1-3H3. The smallest absolute Gasteiger partial charge is 0.270 e. The lowest BCUT2D eigenvalue weighted by Gasteiger charge is -2.39. The summed E-state index contributed by atoms with van der Waals surface area (Å²) < 4.78 is 10.9. The van der Waals surface area contributed by atoms with Crippen molar-refractivity contribution in [3.05, 3.63) is 23.8 Å². The molecule has 0 saturated carbocycles. The Morgan fingerprint density at radius 1 is 1.40 bits per heavy atom. The molecule has 2 rings (SSSR count). The van der Waals surface area contributed by atoms with Gasteiger partial charge in [-0.2, -0.15) is 0 Å². The summed E-state index contributed by atoms with van der Waals surface area (Å²) in [6.07, 6.45) is 0.781. The summed E-state index contributed by atoms with van der Waals surface area (Å²) in [6, 6.07) is 5.72. The number of anilines is 1. The monoisotopic (exact) mass is 297 g/mol. The van der Waals surface area contributed by atoms with Crippen LogP contribution in [0.1, 0.15) is 25.8 Å². The van der Waals surface area contributed by atoms with Crippen molar-refractivity contribution >= 4 is 23.2 Å². The maximum Gasteiger partial charge on any atom is 0.270 e. The number of rotatable bonds is 5. The molecule has 0 unspecified atom stereocenters. The molecule has 0 N–H and O–H groups in total. The first kappa shape index (κ1) is 15.1. The summed E-state index contributed by atoms with van der Waals surface area (Å²) in [6.45, 7) is 4.81. The molecular formula is C15H20ClNO3. The van der Waals surface area contributed by atoms with Crippen LogP contribution in [0.4, 0.5) is 5.69 Å². The number of nitrogens with zero attached hydrogens (tertiary/aromatic N) is 1. The Hall–Kier alpha value is -1.26. The van der Waals surface area contributed by atoms with E-state index in [1.165, 1.54) is 0 Å². The van der Waals surface area contributed by atoms with E-state index in [9.17, 15) is 4.79 Å². The Bertz CT molecular complexity index is 502. The Kier molecular flexibility index (Phi) is 4.55. The van der Waals surface area contributed by atoms with Gasteiger partial charge in [0.2, 0.25) is 0 Å². The second kappa shape index (κ2) is 6.02. The van der Waals surface area contributed by atoms with Gasteiger partial charge in [0.05, 0.1) is 5.69 Å². The maximum absolute atomic E-state index is 12.5. The molecule has 0 saturated heterocycles. The number of fused-ring (bicyclic) bond motifs is 1. The molecule has 1 aliphatic rings. The number of benzene rings is 1. The summed E-state index contributed by atoms with van der Waals surface area (Å²) in [5.74, 6) is 1.10. The maximum atomic E-state index is 12.5. The molecule has 1 aromatic rings. The first-order chi connectivity index (χ1) is 9.49. The van der Waals surface area contributed by atoms with Gasteiger partial charge in [-0.05, 0) is 38.0 Å². The Morgan fingerprint density at radius 2 is 2.15 bits per heavy atom. The zero-order valence-electron chi connectivity index (χ0n) is 12.1. The third kappa shape index (κ3) is 2.91. The molecule has 20 heavy (non-hydrogen) atoms. The van der Waals surface area contributed by atoms with E-state index in [2.05, 4.69) is 0 Å². The van der Waals surface area contributed by atoms with E-state index >= 15 is 0 Å². The van der Waals surface area contributed by atoms with Gasteiger partial charge >= 0.3 is 0 Å². The number of methoxy groups -OCH3 is 1. The summed E-state index contributed by atoms with van der Waals surface area (Å²) in [4.78, 5) is 14.3. The molecule has 0 bridgehead atoms. The van der Waals surface area contributed by atoms with Gasteiger partial charge in [-0.3, -0.25) is 4.79 Å². The highest BCUT2D eigenvalue weighted by Crippen LogP contribution is 2.38. The first-order valence-electron chi connectivity index (χ1n) is 6.68. The minimum absolute atomic E-state index is 0.0344. The predicted octanol–water partition coefficient (Wildman–Crippen LogP) is 2.97. The number of carbonyl (C=O) groups excluding carboxylic acids is 1. The number of alkyl halides is 1. The highest BCUT2D eigenvalue weighted by atomic mass is 35.5. The molecule has 1 heterocycles. The third-order valence-electron chi connectivity index (χ3n) is 3.32. The minimum atomic E-state index is -0.845. The van der Waals surface area contributed by atoms with Gasteiger partial charge in [-0.1, -0.05) is 6.07 Å². The second-order valence-electron chi connectivity index (χ2n) is 5.35. The van der Waals surface area contributed by atoms with Gasteiger partial charge in [-0.25, -0.2) is 0 Å². The molecule has 0 spiro atoms. The van der Waals surface area contributed by atoms with Crippen LogP contribution in [0.15, 0.2) is 18.2 Å². The van der Waals surface area contributed by atoms with Gasteiger partial charge < -0.3 is 14.4 Å². The average Bonchev–Trinajstić information content (AvgIpc) is 2.42. The zero-order valence-corrected chi connectivity index (χ0v) is 12.9. The van der Waals surface area contributed by atoms with Crippen LogP contribution < -0.4 is 9.64 Å². The van der Waals surface area contributed by atoms with Crippen molar-refractivity contribution in [2.45, 2.75) is 31.7 Å². The van der Waals surface area contributed by atoms with Gasteiger partial charge in [0.25, 0.3) is 5.91 Å². The lowest BCUT2D eigenvalue weighted by Crippen LogP contribution is -2.52. The third-order valence-corrected chi connectivity index (χ3v) is 3.63. The average molecular weight is 298 g/mol. The van der Waals surface area contributed by atoms with Gasteiger partial charge in [0.1, 0.15) is 5.75 Å². The number of carbonyl (C=O) groups is 1. The van der Waals surface area contributed by atoms with E-state index in [-0.39, 0.29) is 5.91 Å². The van der Waals surface area contributed by atoms with Crippen LogP contribution in [0.5, 0.6) is 5.75 Å².